The Kier molecular flexibility index (Phi) is 0.336. The summed E-state index contributed by atoms with van der Waals surface area (Å²) >= 11 is 0. The molecule has 1 saturated carbocycles. The van der Waals surface area contributed by atoms with Crippen molar-refractivity contribution in [3.63, 3.8) is 0 Å². The lowest BCUT2D eigenvalue weighted by Crippen LogP contribution is -1.84. The van der Waals surface area contributed by atoms with Crippen LogP contribution in [0.2, 0.25) is 0 Å². The molecule has 0 N–H and O–H groups in total. The Morgan fingerprint density at radius 3 is 1.80 bits per heavy atom. The molecular weight excluding hydrogens is 67.0 g/mol. The van der Waals surface area contributed by atoms with Gasteiger partial charge in [-0.05, 0) is 19.8 Å². The van der Waals surface area contributed by atoms with Gasteiger partial charge in [-0.1, -0.05) is 0 Å². The predicted molar refractivity (Wildman–Crippen MR) is 18.4 cm³/mol. The SMILES string of the molecule is [CH2]C1(F)CC1. The zero-order chi connectivity index (χ0) is 3.91. The fourth-order valence-corrected chi connectivity index (χ4v) is 0.136. The third-order valence-corrected chi connectivity index (χ3v) is 0.793. The van der Waals surface area contributed by atoms with E-state index in [1.807, 2.05) is 0 Å². The lowest BCUT2D eigenvalue weighted by atomic mass is 10.5. The number of hydrogen-bond donors (Lipinski definition) is 0. The highest BCUT2D eigenvalue weighted by Crippen LogP contribution is 2.37. The summed E-state index contributed by atoms with van der Waals surface area (Å²) in [6, 6.07) is 0. The van der Waals surface area contributed by atoms with Gasteiger partial charge in [-0.2, -0.15) is 0 Å². The molecule has 0 nitrogen and oxygen atoms in total. The molecule has 0 atom stereocenters. The van der Waals surface area contributed by atoms with Gasteiger partial charge in [-0.3, -0.25) is 0 Å². The molecule has 0 heterocycles. The molecular formula is C4H6F. The van der Waals surface area contributed by atoms with Gasteiger partial charge in [0.2, 0.25) is 0 Å². The van der Waals surface area contributed by atoms with Gasteiger partial charge in [0.25, 0.3) is 0 Å². The second-order valence-corrected chi connectivity index (χ2v) is 1.65. The lowest BCUT2D eigenvalue weighted by molar-refractivity contribution is 0.377. The summed E-state index contributed by atoms with van der Waals surface area (Å²) < 4.78 is 11.7. The predicted octanol–water partition coefficient (Wildman–Crippen LogP) is 1.32. The molecule has 0 aromatic carbocycles. The van der Waals surface area contributed by atoms with Gasteiger partial charge < -0.3 is 0 Å². The highest BCUT2D eigenvalue weighted by atomic mass is 19.1. The third-order valence-electron chi connectivity index (χ3n) is 0.793. The van der Waals surface area contributed by atoms with Crippen molar-refractivity contribution < 1.29 is 4.39 Å². The molecule has 1 aliphatic rings. The monoisotopic (exact) mass is 73.0 g/mol. The molecule has 0 aromatic heterocycles. The van der Waals surface area contributed by atoms with Gasteiger partial charge in [0.15, 0.2) is 0 Å². The molecule has 0 spiro atoms. The van der Waals surface area contributed by atoms with Crippen LogP contribution in [-0.4, -0.2) is 5.67 Å². The van der Waals surface area contributed by atoms with Crippen molar-refractivity contribution in [2.24, 2.45) is 0 Å². The lowest BCUT2D eigenvalue weighted by Gasteiger charge is -1.80. The first-order valence-corrected chi connectivity index (χ1v) is 1.75. The third kappa shape index (κ3) is 0.602. The minimum Gasteiger partial charge on any atom is -0.244 e. The van der Waals surface area contributed by atoms with Crippen molar-refractivity contribution in [2.75, 3.05) is 0 Å². The number of hydrogen-bond acceptors (Lipinski definition) is 0. The molecule has 1 aliphatic carbocycles. The van der Waals surface area contributed by atoms with E-state index in [0.29, 0.717) is 12.8 Å². The van der Waals surface area contributed by atoms with Crippen LogP contribution in [0.3, 0.4) is 0 Å². The summed E-state index contributed by atoms with van der Waals surface area (Å²) in [7, 11) is 0. The van der Waals surface area contributed by atoms with Crippen LogP contribution in [0.25, 0.3) is 0 Å². The van der Waals surface area contributed by atoms with Crippen LogP contribution in [0.1, 0.15) is 12.8 Å². The maximum absolute atomic E-state index is 11.7. The summed E-state index contributed by atoms with van der Waals surface area (Å²) in [6.07, 6.45) is 1.35. The molecule has 1 radical (unpaired) electrons. The Labute approximate surface area is 31.0 Å². The van der Waals surface area contributed by atoms with E-state index in [4.69, 9.17) is 0 Å². The van der Waals surface area contributed by atoms with Crippen molar-refractivity contribution in [2.45, 2.75) is 18.5 Å². The highest BCUT2D eigenvalue weighted by Gasteiger charge is 2.37. The largest absolute Gasteiger partial charge is 0.244 e. The first kappa shape index (κ1) is 3.13. The minimum absolute atomic E-state index is 0.674. The highest BCUT2D eigenvalue weighted by molar-refractivity contribution is 4.96. The molecule has 0 saturated heterocycles. The topological polar surface area (TPSA) is 0 Å². The quantitative estimate of drug-likeness (QED) is 0.405. The summed E-state index contributed by atoms with van der Waals surface area (Å²) in [4.78, 5) is 0. The molecule has 1 rings (SSSR count). The Hall–Kier alpha value is -0.0700. The van der Waals surface area contributed by atoms with Crippen LogP contribution in [0, 0.1) is 6.92 Å². The first-order valence-electron chi connectivity index (χ1n) is 1.75. The second-order valence-electron chi connectivity index (χ2n) is 1.65. The summed E-state index contributed by atoms with van der Waals surface area (Å²) in [5.41, 5.74) is -1.00. The fourth-order valence-electron chi connectivity index (χ4n) is 0.136. The van der Waals surface area contributed by atoms with Crippen LogP contribution in [0.15, 0.2) is 0 Å². The van der Waals surface area contributed by atoms with Gasteiger partial charge >= 0.3 is 0 Å². The molecule has 0 amide bonds. The standard InChI is InChI=1S/C4H6F/c1-4(5)2-3-4/h1-3H2. The van der Waals surface area contributed by atoms with Crippen LogP contribution in [-0.2, 0) is 0 Å². The van der Waals surface area contributed by atoms with E-state index in [0.717, 1.165) is 0 Å². The maximum atomic E-state index is 11.7. The minimum atomic E-state index is -1.00. The van der Waals surface area contributed by atoms with E-state index in [1.54, 1.807) is 0 Å². The summed E-state index contributed by atoms with van der Waals surface area (Å²) in [5.74, 6) is 0. The molecule has 1 heteroatoms. The van der Waals surface area contributed by atoms with E-state index in [1.165, 1.54) is 0 Å². The van der Waals surface area contributed by atoms with Crippen molar-refractivity contribution >= 4 is 0 Å². The van der Waals surface area contributed by atoms with E-state index < -0.39 is 5.67 Å². The molecule has 29 valence electrons. The molecule has 0 bridgehead atoms. The smallest absolute Gasteiger partial charge is 0.111 e. The number of halogens is 1. The van der Waals surface area contributed by atoms with Crippen LogP contribution in [0.5, 0.6) is 0 Å². The van der Waals surface area contributed by atoms with Crippen LogP contribution >= 0.6 is 0 Å². The first-order chi connectivity index (χ1) is 2.21. The average molecular weight is 73.1 g/mol. The number of alkyl halides is 1. The van der Waals surface area contributed by atoms with Gasteiger partial charge in [0, 0.05) is 0 Å². The molecule has 0 aliphatic heterocycles. The summed E-state index contributed by atoms with van der Waals surface area (Å²) in [5, 5.41) is 0. The Morgan fingerprint density at radius 1 is 1.60 bits per heavy atom. The van der Waals surface area contributed by atoms with Gasteiger partial charge in [-0.15, -0.1) is 0 Å². The Bertz CT molecular complexity index is 41.6. The second kappa shape index (κ2) is 0.537. The number of rotatable bonds is 0. The molecule has 5 heavy (non-hydrogen) atoms. The van der Waals surface area contributed by atoms with E-state index in [2.05, 4.69) is 6.92 Å². The Balaban J connectivity index is 2.38. The van der Waals surface area contributed by atoms with Gasteiger partial charge in [-0.25, -0.2) is 4.39 Å². The normalized spacial score (nSPS) is 30.0. The summed E-state index contributed by atoms with van der Waals surface area (Å²) in [6.45, 7) is 3.22. The maximum Gasteiger partial charge on any atom is 0.111 e. The zero-order valence-corrected chi connectivity index (χ0v) is 3.00. The van der Waals surface area contributed by atoms with E-state index >= 15 is 0 Å². The van der Waals surface area contributed by atoms with E-state index in [9.17, 15) is 4.39 Å². The Morgan fingerprint density at radius 2 is 1.80 bits per heavy atom. The molecule has 1 fully saturated rings. The molecule has 0 unspecified atom stereocenters. The van der Waals surface area contributed by atoms with Gasteiger partial charge in [0.05, 0.1) is 0 Å². The zero-order valence-electron chi connectivity index (χ0n) is 3.00. The van der Waals surface area contributed by atoms with Crippen molar-refractivity contribution in [3.05, 3.63) is 6.92 Å². The van der Waals surface area contributed by atoms with Crippen molar-refractivity contribution in [1.82, 2.24) is 0 Å². The fraction of sp³-hybridized carbons (Fsp3) is 0.750. The van der Waals surface area contributed by atoms with Crippen LogP contribution < -0.4 is 0 Å². The van der Waals surface area contributed by atoms with Crippen LogP contribution in [0.4, 0.5) is 4.39 Å². The van der Waals surface area contributed by atoms with Gasteiger partial charge in [0.1, 0.15) is 5.67 Å². The van der Waals surface area contributed by atoms with Crippen molar-refractivity contribution in [3.8, 4) is 0 Å². The van der Waals surface area contributed by atoms with E-state index in [-0.39, 0.29) is 0 Å². The molecule has 0 aromatic rings. The van der Waals surface area contributed by atoms with Crippen molar-refractivity contribution in [1.29, 1.82) is 0 Å². The average Bonchev–Trinajstić information content (AvgIpc) is 1.76.